The molecule has 2 nitrogen and oxygen atoms in total. The normalized spacial score (nSPS) is 13.9. The van der Waals surface area contributed by atoms with E-state index < -0.39 is 5.41 Å². The molecule has 12 aromatic rings. The molecule has 12 aromatic carbocycles. The Balaban J connectivity index is 0.888. The van der Waals surface area contributed by atoms with Gasteiger partial charge in [-0.05, 0) is 140 Å². The van der Waals surface area contributed by atoms with Gasteiger partial charge >= 0.3 is 0 Å². The van der Waals surface area contributed by atoms with Crippen molar-refractivity contribution < 1.29 is 0 Å². The van der Waals surface area contributed by atoms with Crippen molar-refractivity contribution in [3.8, 4) is 44.5 Å². The van der Waals surface area contributed by atoms with Crippen LogP contribution in [0.2, 0.25) is 0 Å². The molecule has 1 N–H and O–H groups in total. The van der Waals surface area contributed by atoms with Crippen LogP contribution in [0.5, 0.6) is 0 Å². The zero-order chi connectivity index (χ0) is 51.0. The lowest BCUT2D eigenvalue weighted by Crippen LogP contribution is -2.28. The Morgan fingerprint density at radius 2 is 0.921 bits per heavy atom. The molecule has 0 saturated heterocycles. The van der Waals surface area contributed by atoms with Crippen LogP contribution >= 0.6 is 0 Å². The molecule has 0 spiro atoms. The summed E-state index contributed by atoms with van der Waals surface area (Å²) in [6, 6.07) is 94.6. The van der Waals surface area contributed by atoms with Crippen LogP contribution in [0.3, 0.4) is 0 Å². The second kappa shape index (κ2) is 17.9. The summed E-state index contributed by atoms with van der Waals surface area (Å²) in [5.41, 5.74) is 20.3. The van der Waals surface area contributed by atoms with E-state index in [2.05, 4.69) is 257 Å². The van der Waals surface area contributed by atoms with Crippen LogP contribution in [0.1, 0.15) is 63.9 Å². The van der Waals surface area contributed by atoms with Gasteiger partial charge in [0.1, 0.15) is 0 Å². The highest BCUT2D eigenvalue weighted by atomic mass is 14.8. The van der Waals surface area contributed by atoms with Gasteiger partial charge in [0.05, 0.1) is 11.1 Å². The molecular weight excluding hydrogens is 917 g/mol. The van der Waals surface area contributed by atoms with E-state index in [-0.39, 0.29) is 11.3 Å². The molecule has 0 unspecified atom stereocenters. The summed E-state index contributed by atoms with van der Waals surface area (Å²) in [4.78, 5) is 5.25. The van der Waals surface area contributed by atoms with Crippen molar-refractivity contribution in [2.75, 3.05) is 0 Å². The van der Waals surface area contributed by atoms with Crippen molar-refractivity contribution in [1.29, 1.82) is 5.41 Å². The van der Waals surface area contributed by atoms with E-state index >= 15 is 0 Å². The van der Waals surface area contributed by atoms with Gasteiger partial charge < -0.3 is 0 Å². The van der Waals surface area contributed by atoms with Gasteiger partial charge in [-0.15, -0.1) is 0 Å². The molecule has 14 rings (SSSR count). The largest absolute Gasteiger partial charge is 0.282 e. The fourth-order valence-corrected chi connectivity index (χ4v) is 12.9. The van der Waals surface area contributed by atoms with Gasteiger partial charge in [0.2, 0.25) is 0 Å². The number of allylic oxidation sites excluding steroid dienone is 1. The first-order valence-corrected chi connectivity index (χ1v) is 26.4. The summed E-state index contributed by atoms with van der Waals surface area (Å²) in [7, 11) is 0. The summed E-state index contributed by atoms with van der Waals surface area (Å²) in [6.45, 7) is 4.75. The van der Waals surface area contributed by atoms with Gasteiger partial charge in [-0.3, -0.25) is 5.41 Å². The molecule has 0 saturated carbocycles. The molecule has 2 heteroatoms. The summed E-state index contributed by atoms with van der Waals surface area (Å²) < 4.78 is 0. The monoisotopic (exact) mass is 968 g/mol. The third-order valence-corrected chi connectivity index (χ3v) is 16.5. The van der Waals surface area contributed by atoms with Crippen LogP contribution < -0.4 is 0 Å². The van der Waals surface area contributed by atoms with Gasteiger partial charge in [0.25, 0.3) is 0 Å². The minimum Gasteiger partial charge on any atom is -0.282 e. The van der Waals surface area contributed by atoms with E-state index in [9.17, 15) is 5.41 Å². The molecule has 76 heavy (non-hydrogen) atoms. The van der Waals surface area contributed by atoms with Crippen LogP contribution in [-0.2, 0) is 10.8 Å². The van der Waals surface area contributed by atoms with E-state index in [0.717, 1.165) is 33.4 Å². The lowest BCUT2D eigenvalue weighted by atomic mass is 9.67. The highest BCUT2D eigenvalue weighted by Crippen LogP contribution is 2.57. The molecule has 358 valence electrons. The topological polar surface area (TPSA) is 36.2 Å². The van der Waals surface area contributed by atoms with Crippen molar-refractivity contribution in [3.05, 3.63) is 317 Å². The molecule has 0 bridgehead atoms. The van der Waals surface area contributed by atoms with Crippen LogP contribution in [0.15, 0.2) is 272 Å². The molecular formula is C74H52N2. The number of nitrogens with one attached hydrogen (secondary N) is 1. The molecule has 0 atom stereocenters. The minimum absolute atomic E-state index is 0.130. The fraction of sp³-hybridized carbons (Fsp3) is 0.0541. The minimum atomic E-state index is -0.568. The van der Waals surface area contributed by atoms with Crippen LogP contribution in [0.4, 0.5) is 0 Å². The number of nitrogens with zero attached hydrogens (tertiary/aromatic N) is 1. The lowest BCUT2D eigenvalue weighted by Gasteiger charge is -2.33. The maximum atomic E-state index is 9.45. The van der Waals surface area contributed by atoms with Crippen LogP contribution in [0, 0.1) is 5.41 Å². The van der Waals surface area contributed by atoms with Crippen molar-refractivity contribution >= 4 is 49.9 Å². The molecule has 0 fully saturated rings. The predicted molar refractivity (Wildman–Crippen MR) is 320 cm³/mol. The molecule has 2 aliphatic carbocycles. The Bertz CT molecular complexity index is 4330. The van der Waals surface area contributed by atoms with E-state index in [1.165, 1.54) is 99.3 Å². The van der Waals surface area contributed by atoms with Gasteiger partial charge in [0, 0.05) is 16.5 Å². The molecule has 0 amide bonds. The quantitative estimate of drug-likeness (QED) is 0.116. The molecule has 0 aromatic heterocycles. The third-order valence-electron chi connectivity index (χ3n) is 16.5. The summed E-state index contributed by atoms with van der Waals surface area (Å²) >= 11 is 0. The predicted octanol–water partition coefficient (Wildman–Crippen LogP) is 18.7. The van der Waals surface area contributed by atoms with Gasteiger partial charge in [-0.25, -0.2) is 4.99 Å². The van der Waals surface area contributed by atoms with Crippen LogP contribution in [0.25, 0.3) is 82.9 Å². The maximum absolute atomic E-state index is 9.45. The smallest absolute Gasteiger partial charge is 0.152 e. The Kier molecular flexibility index (Phi) is 10.6. The number of amidine groups is 1. The summed E-state index contributed by atoms with van der Waals surface area (Å²) in [6.07, 6.45) is 4.33. The van der Waals surface area contributed by atoms with E-state index in [4.69, 9.17) is 4.99 Å². The SMILES string of the molecule is CC1(C)c2cc(-c3ccc(-c4ccc(/C=C/C(=NC(=N)c5ccccc5)c5cccc6c5-c5ccccc5C6(c5ccccc5)c5ccccc5)c5ccccc45)c4ccccc34)ccc2-c2cc3ccccc3cc21. The Hall–Kier alpha value is -9.50. The molecule has 2 aliphatic rings. The molecule has 0 radical (unpaired) electrons. The fourth-order valence-electron chi connectivity index (χ4n) is 12.9. The maximum Gasteiger partial charge on any atom is 0.152 e. The number of hydrogen-bond acceptors (Lipinski definition) is 1. The van der Waals surface area contributed by atoms with E-state index in [1.807, 2.05) is 30.3 Å². The highest BCUT2D eigenvalue weighted by molar-refractivity contribution is 6.21. The number of rotatable bonds is 8. The third kappa shape index (κ3) is 7.02. The first-order valence-electron chi connectivity index (χ1n) is 26.4. The number of benzene rings is 12. The Morgan fingerprint density at radius 1 is 0.395 bits per heavy atom. The Morgan fingerprint density at radius 3 is 1.63 bits per heavy atom. The van der Waals surface area contributed by atoms with Crippen molar-refractivity contribution in [2.24, 2.45) is 4.99 Å². The first-order chi connectivity index (χ1) is 37.4. The summed E-state index contributed by atoms with van der Waals surface area (Å²) in [5, 5.41) is 16.8. The number of hydrogen-bond donors (Lipinski definition) is 1. The summed E-state index contributed by atoms with van der Waals surface area (Å²) in [5.74, 6) is 0.208. The number of aliphatic imine (C=N–C) groups is 1. The molecule has 0 heterocycles. The van der Waals surface area contributed by atoms with Crippen LogP contribution in [-0.4, -0.2) is 11.5 Å². The highest BCUT2D eigenvalue weighted by Gasteiger charge is 2.47. The average Bonchev–Trinajstić information content (AvgIpc) is 4.01. The van der Waals surface area contributed by atoms with Gasteiger partial charge in [0.15, 0.2) is 5.84 Å². The van der Waals surface area contributed by atoms with E-state index in [0.29, 0.717) is 0 Å². The first kappa shape index (κ1) is 45.1. The standard InChI is InChI=1S/C74H52N2/c1-73(2)68-47-52(38-41-62(68)65-45-50-23-12-13-24-51(50)46-69(65)73)56-42-43-61(59-32-17-16-31-58(56)59)60-40-37-48(55-29-14-15-30-57(55)60)39-44-70(76-72(75)49-21-6-3-7-22-49)64-34-20-36-67-71(64)63-33-18-19-35-66(63)74(67,53-25-8-4-9-26-53)54-27-10-5-11-28-54/h3-47,75H,1-2H3/b44-39+,75-72?,76-70?. The van der Waals surface area contributed by atoms with Crippen molar-refractivity contribution in [2.45, 2.75) is 24.7 Å². The average molecular weight is 969 g/mol. The van der Waals surface area contributed by atoms with Gasteiger partial charge in [-0.2, -0.15) is 0 Å². The lowest BCUT2D eigenvalue weighted by molar-refractivity contribution is 0.661. The number of fused-ring (bicyclic) bond motifs is 9. The Labute approximate surface area is 444 Å². The van der Waals surface area contributed by atoms with E-state index in [1.54, 1.807) is 0 Å². The van der Waals surface area contributed by atoms with Gasteiger partial charge in [-0.1, -0.05) is 263 Å². The second-order valence-corrected chi connectivity index (χ2v) is 20.9. The van der Waals surface area contributed by atoms with Crippen molar-refractivity contribution in [3.63, 3.8) is 0 Å². The molecule has 0 aliphatic heterocycles. The zero-order valence-electron chi connectivity index (χ0n) is 42.4. The van der Waals surface area contributed by atoms with Crippen molar-refractivity contribution in [1.82, 2.24) is 0 Å². The zero-order valence-corrected chi connectivity index (χ0v) is 42.4. The second-order valence-electron chi connectivity index (χ2n) is 20.9.